The molecular weight excluding hydrogens is 242 g/mol. The Bertz CT molecular complexity index is 464. The SMILES string of the molecule is O=C(NCc1ccc(Cl)cc1)c1ccsc1. The van der Waals surface area contributed by atoms with Gasteiger partial charge in [0, 0.05) is 22.5 Å². The van der Waals surface area contributed by atoms with Crippen LogP contribution in [-0.2, 0) is 6.54 Å². The van der Waals surface area contributed by atoms with Gasteiger partial charge in [0.1, 0.15) is 0 Å². The number of carbonyl (C=O) groups is 1. The molecule has 0 radical (unpaired) electrons. The summed E-state index contributed by atoms with van der Waals surface area (Å²) in [6.45, 7) is 0.520. The van der Waals surface area contributed by atoms with Crippen molar-refractivity contribution in [3.05, 3.63) is 57.2 Å². The number of amides is 1. The van der Waals surface area contributed by atoms with Gasteiger partial charge >= 0.3 is 0 Å². The monoisotopic (exact) mass is 251 g/mol. The van der Waals surface area contributed by atoms with Crippen molar-refractivity contribution in [3.63, 3.8) is 0 Å². The van der Waals surface area contributed by atoms with E-state index in [1.807, 2.05) is 41.1 Å². The van der Waals surface area contributed by atoms with Gasteiger partial charge in [-0.1, -0.05) is 23.7 Å². The van der Waals surface area contributed by atoms with Gasteiger partial charge in [-0.3, -0.25) is 4.79 Å². The van der Waals surface area contributed by atoms with Gasteiger partial charge in [-0.2, -0.15) is 11.3 Å². The zero-order chi connectivity index (χ0) is 11.4. The van der Waals surface area contributed by atoms with E-state index in [4.69, 9.17) is 11.6 Å². The molecule has 0 saturated carbocycles. The average Bonchev–Trinajstić information content (AvgIpc) is 2.81. The first-order valence-corrected chi connectivity index (χ1v) is 6.12. The normalized spacial score (nSPS) is 10.1. The fraction of sp³-hybridized carbons (Fsp3) is 0.0833. The molecule has 0 atom stereocenters. The van der Waals surface area contributed by atoms with Crippen LogP contribution in [0.2, 0.25) is 5.02 Å². The van der Waals surface area contributed by atoms with Crippen LogP contribution in [0.4, 0.5) is 0 Å². The number of thiophene rings is 1. The van der Waals surface area contributed by atoms with E-state index in [9.17, 15) is 4.79 Å². The maximum absolute atomic E-state index is 11.6. The molecule has 2 rings (SSSR count). The summed E-state index contributed by atoms with van der Waals surface area (Å²) in [4.78, 5) is 11.6. The Labute approximate surface area is 103 Å². The summed E-state index contributed by atoms with van der Waals surface area (Å²) in [5, 5.41) is 7.26. The van der Waals surface area contributed by atoms with Crippen molar-refractivity contribution >= 4 is 28.8 Å². The van der Waals surface area contributed by atoms with Gasteiger partial charge in [-0.15, -0.1) is 0 Å². The van der Waals surface area contributed by atoms with Crippen LogP contribution in [0.1, 0.15) is 15.9 Å². The number of halogens is 1. The van der Waals surface area contributed by atoms with Gasteiger partial charge in [-0.05, 0) is 29.1 Å². The highest BCUT2D eigenvalue weighted by molar-refractivity contribution is 7.08. The molecule has 82 valence electrons. The molecule has 16 heavy (non-hydrogen) atoms. The summed E-state index contributed by atoms with van der Waals surface area (Å²) in [5.41, 5.74) is 1.74. The highest BCUT2D eigenvalue weighted by Crippen LogP contribution is 2.10. The maximum Gasteiger partial charge on any atom is 0.252 e. The molecule has 0 bridgehead atoms. The van der Waals surface area contributed by atoms with Crippen molar-refractivity contribution in [2.75, 3.05) is 0 Å². The molecule has 0 saturated heterocycles. The molecule has 2 aromatic rings. The van der Waals surface area contributed by atoms with Crippen molar-refractivity contribution in [2.24, 2.45) is 0 Å². The Morgan fingerprint density at radius 1 is 1.25 bits per heavy atom. The molecular formula is C12H10ClNOS. The van der Waals surface area contributed by atoms with Crippen LogP contribution in [0.5, 0.6) is 0 Å². The first kappa shape index (κ1) is 11.2. The Morgan fingerprint density at radius 3 is 2.62 bits per heavy atom. The van der Waals surface area contributed by atoms with Crippen molar-refractivity contribution in [2.45, 2.75) is 6.54 Å². The lowest BCUT2D eigenvalue weighted by atomic mass is 10.2. The lowest BCUT2D eigenvalue weighted by Crippen LogP contribution is -2.22. The van der Waals surface area contributed by atoms with Crippen LogP contribution >= 0.6 is 22.9 Å². The maximum atomic E-state index is 11.6. The van der Waals surface area contributed by atoms with Crippen molar-refractivity contribution in [1.29, 1.82) is 0 Å². The lowest BCUT2D eigenvalue weighted by molar-refractivity contribution is 0.0951. The van der Waals surface area contributed by atoms with Crippen LogP contribution in [-0.4, -0.2) is 5.91 Å². The average molecular weight is 252 g/mol. The summed E-state index contributed by atoms with van der Waals surface area (Å²) in [6.07, 6.45) is 0. The molecule has 1 aromatic heterocycles. The van der Waals surface area contributed by atoms with Gasteiger partial charge in [0.25, 0.3) is 5.91 Å². The minimum Gasteiger partial charge on any atom is -0.348 e. The minimum atomic E-state index is -0.0452. The largest absolute Gasteiger partial charge is 0.348 e. The smallest absolute Gasteiger partial charge is 0.252 e. The van der Waals surface area contributed by atoms with Crippen molar-refractivity contribution in [1.82, 2.24) is 5.32 Å². The number of nitrogens with one attached hydrogen (secondary N) is 1. The molecule has 0 unspecified atom stereocenters. The highest BCUT2D eigenvalue weighted by Gasteiger charge is 2.04. The van der Waals surface area contributed by atoms with Crippen LogP contribution in [0, 0.1) is 0 Å². The van der Waals surface area contributed by atoms with E-state index in [0.29, 0.717) is 17.1 Å². The van der Waals surface area contributed by atoms with Crippen LogP contribution < -0.4 is 5.32 Å². The Morgan fingerprint density at radius 2 is 2.00 bits per heavy atom. The Hall–Kier alpha value is -1.32. The molecule has 0 aliphatic rings. The molecule has 0 fully saturated rings. The third-order valence-electron chi connectivity index (χ3n) is 2.15. The van der Waals surface area contributed by atoms with E-state index in [2.05, 4.69) is 5.32 Å². The van der Waals surface area contributed by atoms with Gasteiger partial charge in [0.2, 0.25) is 0 Å². The van der Waals surface area contributed by atoms with Gasteiger partial charge in [0.15, 0.2) is 0 Å². The fourth-order valence-corrected chi connectivity index (χ4v) is 2.04. The third-order valence-corrected chi connectivity index (χ3v) is 3.08. The zero-order valence-electron chi connectivity index (χ0n) is 8.44. The number of rotatable bonds is 3. The van der Waals surface area contributed by atoms with Crippen molar-refractivity contribution < 1.29 is 4.79 Å². The minimum absolute atomic E-state index is 0.0452. The quantitative estimate of drug-likeness (QED) is 0.891. The van der Waals surface area contributed by atoms with E-state index in [1.165, 1.54) is 11.3 Å². The Kier molecular flexibility index (Phi) is 3.59. The number of benzene rings is 1. The summed E-state index contributed by atoms with van der Waals surface area (Å²) in [7, 11) is 0. The van der Waals surface area contributed by atoms with Crippen molar-refractivity contribution in [3.8, 4) is 0 Å². The second-order valence-corrected chi connectivity index (χ2v) is 4.54. The van der Waals surface area contributed by atoms with Gasteiger partial charge in [-0.25, -0.2) is 0 Å². The lowest BCUT2D eigenvalue weighted by Gasteiger charge is -2.03. The summed E-state index contributed by atoms with van der Waals surface area (Å²) < 4.78 is 0. The number of carbonyl (C=O) groups excluding carboxylic acids is 1. The molecule has 0 aliphatic carbocycles. The molecule has 1 aromatic carbocycles. The Balaban J connectivity index is 1.93. The first-order valence-electron chi connectivity index (χ1n) is 4.80. The first-order chi connectivity index (χ1) is 7.75. The second-order valence-electron chi connectivity index (χ2n) is 3.32. The number of hydrogen-bond acceptors (Lipinski definition) is 2. The van der Waals surface area contributed by atoms with E-state index in [-0.39, 0.29) is 5.91 Å². The molecule has 1 amide bonds. The number of hydrogen-bond donors (Lipinski definition) is 1. The highest BCUT2D eigenvalue weighted by atomic mass is 35.5. The third kappa shape index (κ3) is 2.84. The summed E-state index contributed by atoms with van der Waals surface area (Å²) in [6, 6.07) is 9.23. The van der Waals surface area contributed by atoms with E-state index in [1.54, 1.807) is 0 Å². The van der Waals surface area contributed by atoms with Crippen LogP contribution in [0.25, 0.3) is 0 Å². The summed E-state index contributed by atoms with van der Waals surface area (Å²) >= 11 is 7.28. The predicted molar refractivity (Wildman–Crippen MR) is 66.9 cm³/mol. The van der Waals surface area contributed by atoms with Gasteiger partial charge < -0.3 is 5.32 Å². The molecule has 1 heterocycles. The van der Waals surface area contributed by atoms with Gasteiger partial charge in [0.05, 0.1) is 0 Å². The molecule has 2 nitrogen and oxygen atoms in total. The van der Waals surface area contributed by atoms with E-state index < -0.39 is 0 Å². The van der Waals surface area contributed by atoms with E-state index >= 15 is 0 Å². The fourth-order valence-electron chi connectivity index (χ4n) is 1.28. The second kappa shape index (κ2) is 5.14. The molecule has 1 N–H and O–H groups in total. The zero-order valence-corrected chi connectivity index (χ0v) is 10.0. The topological polar surface area (TPSA) is 29.1 Å². The summed E-state index contributed by atoms with van der Waals surface area (Å²) in [5.74, 6) is -0.0452. The van der Waals surface area contributed by atoms with Crippen LogP contribution in [0.3, 0.4) is 0 Å². The molecule has 0 aliphatic heterocycles. The molecule has 4 heteroatoms. The van der Waals surface area contributed by atoms with E-state index in [0.717, 1.165) is 5.56 Å². The molecule has 0 spiro atoms. The standard InChI is InChI=1S/C12H10ClNOS/c13-11-3-1-9(2-4-11)7-14-12(15)10-5-6-16-8-10/h1-6,8H,7H2,(H,14,15). The van der Waals surface area contributed by atoms with Crippen LogP contribution in [0.15, 0.2) is 41.1 Å². The predicted octanol–water partition coefficient (Wildman–Crippen LogP) is 3.33.